The Bertz CT molecular complexity index is 943. The van der Waals surface area contributed by atoms with Gasteiger partial charge in [0.15, 0.2) is 10.8 Å². The van der Waals surface area contributed by atoms with Crippen LogP contribution in [0.1, 0.15) is 10.4 Å². The number of rotatable bonds is 3. The molecule has 0 fully saturated rings. The van der Waals surface area contributed by atoms with Crippen molar-refractivity contribution in [3.05, 3.63) is 66.2 Å². The fourth-order valence-corrected chi connectivity index (χ4v) is 2.91. The van der Waals surface area contributed by atoms with E-state index in [0.717, 1.165) is 11.0 Å². The molecule has 0 unspecified atom stereocenters. The molecule has 2 aromatic carbocycles. The van der Waals surface area contributed by atoms with E-state index in [2.05, 4.69) is 15.5 Å². The van der Waals surface area contributed by atoms with E-state index in [1.165, 1.54) is 11.3 Å². The SMILES string of the molecule is O=C(Nc1nnc(-c2cc3ccccc3o2)s1)c1ccccc1. The van der Waals surface area contributed by atoms with E-state index in [9.17, 15) is 4.79 Å². The summed E-state index contributed by atoms with van der Waals surface area (Å²) in [6.45, 7) is 0. The molecule has 0 spiro atoms. The van der Waals surface area contributed by atoms with Crippen LogP contribution in [0.3, 0.4) is 0 Å². The first-order valence-electron chi connectivity index (χ1n) is 6.98. The lowest BCUT2D eigenvalue weighted by Gasteiger charge is -1.99. The van der Waals surface area contributed by atoms with Gasteiger partial charge in [0, 0.05) is 10.9 Å². The second-order valence-corrected chi connectivity index (χ2v) is 5.86. The third kappa shape index (κ3) is 2.72. The van der Waals surface area contributed by atoms with Crippen molar-refractivity contribution >= 4 is 33.3 Å². The number of anilines is 1. The quantitative estimate of drug-likeness (QED) is 0.614. The number of aromatic nitrogens is 2. The Balaban J connectivity index is 1.58. The van der Waals surface area contributed by atoms with Gasteiger partial charge in [-0.15, -0.1) is 10.2 Å². The highest BCUT2D eigenvalue weighted by Gasteiger charge is 2.14. The average Bonchev–Trinajstić information content (AvgIpc) is 3.21. The van der Waals surface area contributed by atoms with E-state index in [1.54, 1.807) is 12.1 Å². The second kappa shape index (κ2) is 5.66. The van der Waals surface area contributed by atoms with E-state index in [0.29, 0.717) is 21.5 Å². The normalized spacial score (nSPS) is 10.8. The zero-order chi connectivity index (χ0) is 15.6. The first kappa shape index (κ1) is 13.7. The number of furan rings is 1. The lowest BCUT2D eigenvalue weighted by molar-refractivity contribution is 0.102. The molecule has 4 rings (SSSR count). The van der Waals surface area contributed by atoms with Crippen LogP contribution in [-0.2, 0) is 0 Å². The average molecular weight is 321 g/mol. The third-order valence-corrected chi connectivity index (χ3v) is 4.17. The highest BCUT2D eigenvalue weighted by atomic mass is 32.1. The summed E-state index contributed by atoms with van der Waals surface area (Å²) in [5.74, 6) is 0.432. The number of amides is 1. The summed E-state index contributed by atoms with van der Waals surface area (Å²) in [5.41, 5.74) is 1.38. The predicted molar refractivity (Wildman–Crippen MR) is 89.5 cm³/mol. The van der Waals surface area contributed by atoms with Crippen LogP contribution in [0.4, 0.5) is 5.13 Å². The molecule has 0 aliphatic heterocycles. The molecule has 0 aliphatic rings. The van der Waals surface area contributed by atoms with E-state index in [4.69, 9.17) is 4.42 Å². The maximum atomic E-state index is 12.1. The minimum Gasteiger partial charge on any atom is -0.453 e. The Morgan fingerprint density at radius 1 is 1.00 bits per heavy atom. The monoisotopic (exact) mass is 321 g/mol. The molecule has 2 heterocycles. The molecule has 4 aromatic rings. The summed E-state index contributed by atoms with van der Waals surface area (Å²) in [6, 6.07) is 18.6. The first-order valence-corrected chi connectivity index (χ1v) is 7.80. The molecule has 1 N–H and O–H groups in total. The van der Waals surface area contributed by atoms with Gasteiger partial charge in [0.2, 0.25) is 5.13 Å². The van der Waals surface area contributed by atoms with Crippen LogP contribution in [0.15, 0.2) is 65.1 Å². The molecule has 1 amide bonds. The Labute approximate surface area is 135 Å². The summed E-state index contributed by atoms with van der Waals surface area (Å²) < 4.78 is 5.75. The van der Waals surface area contributed by atoms with E-state index in [1.807, 2.05) is 48.5 Å². The molecule has 0 radical (unpaired) electrons. The number of benzene rings is 2. The van der Waals surface area contributed by atoms with E-state index >= 15 is 0 Å². The van der Waals surface area contributed by atoms with Gasteiger partial charge in [-0.1, -0.05) is 47.7 Å². The minimum absolute atomic E-state index is 0.210. The third-order valence-electron chi connectivity index (χ3n) is 3.32. The maximum absolute atomic E-state index is 12.1. The maximum Gasteiger partial charge on any atom is 0.257 e. The minimum atomic E-state index is -0.210. The van der Waals surface area contributed by atoms with Gasteiger partial charge in [0.25, 0.3) is 5.91 Å². The van der Waals surface area contributed by atoms with Crippen LogP contribution in [0.5, 0.6) is 0 Å². The fourth-order valence-electron chi connectivity index (χ4n) is 2.22. The lowest BCUT2D eigenvalue weighted by Crippen LogP contribution is -2.11. The van der Waals surface area contributed by atoms with Crippen molar-refractivity contribution in [3.8, 4) is 10.8 Å². The first-order chi connectivity index (χ1) is 11.3. The highest BCUT2D eigenvalue weighted by molar-refractivity contribution is 7.18. The molecule has 0 atom stereocenters. The van der Waals surface area contributed by atoms with Gasteiger partial charge in [-0.2, -0.15) is 0 Å². The van der Waals surface area contributed by atoms with Crippen LogP contribution in [0, 0.1) is 0 Å². The van der Waals surface area contributed by atoms with Crippen molar-refractivity contribution in [1.29, 1.82) is 0 Å². The Morgan fingerprint density at radius 3 is 2.61 bits per heavy atom. The summed E-state index contributed by atoms with van der Waals surface area (Å²) >= 11 is 1.28. The van der Waals surface area contributed by atoms with Crippen molar-refractivity contribution in [1.82, 2.24) is 10.2 Å². The molecule has 0 saturated heterocycles. The van der Waals surface area contributed by atoms with Gasteiger partial charge in [-0.3, -0.25) is 10.1 Å². The van der Waals surface area contributed by atoms with Crippen LogP contribution in [0.25, 0.3) is 21.7 Å². The number of hydrogen-bond donors (Lipinski definition) is 1. The van der Waals surface area contributed by atoms with Crippen molar-refractivity contribution in [2.24, 2.45) is 0 Å². The Hall–Kier alpha value is -2.99. The van der Waals surface area contributed by atoms with Gasteiger partial charge in [0.1, 0.15) is 5.58 Å². The molecule has 23 heavy (non-hydrogen) atoms. The lowest BCUT2D eigenvalue weighted by atomic mass is 10.2. The number of nitrogens with one attached hydrogen (secondary N) is 1. The number of carbonyl (C=O) groups excluding carboxylic acids is 1. The molecule has 0 aliphatic carbocycles. The second-order valence-electron chi connectivity index (χ2n) is 4.88. The molecule has 5 nitrogen and oxygen atoms in total. The van der Waals surface area contributed by atoms with E-state index < -0.39 is 0 Å². The van der Waals surface area contributed by atoms with Crippen molar-refractivity contribution < 1.29 is 9.21 Å². The summed E-state index contributed by atoms with van der Waals surface area (Å²) in [7, 11) is 0. The summed E-state index contributed by atoms with van der Waals surface area (Å²) in [4.78, 5) is 12.1. The van der Waals surface area contributed by atoms with Crippen LogP contribution in [-0.4, -0.2) is 16.1 Å². The van der Waals surface area contributed by atoms with Crippen molar-refractivity contribution in [2.45, 2.75) is 0 Å². The van der Waals surface area contributed by atoms with E-state index in [-0.39, 0.29) is 5.91 Å². The van der Waals surface area contributed by atoms with Crippen molar-refractivity contribution in [2.75, 3.05) is 5.32 Å². The number of para-hydroxylation sites is 1. The van der Waals surface area contributed by atoms with Crippen LogP contribution < -0.4 is 5.32 Å². The Morgan fingerprint density at radius 2 is 1.78 bits per heavy atom. The standard InChI is InChI=1S/C17H11N3O2S/c21-15(11-6-2-1-3-7-11)18-17-20-19-16(23-17)14-10-12-8-4-5-9-13(12)22-14/h1-10H,(H,18,20,21). The summed E-state index contributed by atoms with van der Waals surface area (Å²) in [5, 5.41) is 12.9. The topological polar surface area (TPSA) is 68.0 Å². The zero-order valence-corrected chi connectivity index (χ0v) is 12.7. The number of hydrogen-bond acceptors (Lipinski definition) is 5. The summed E-state index contributed by atoms with van der Waals surface area (Å²) in [6.07, 6.45) is 0. The molecule has 2 aromatic heterocycles. The molecular formula is C17H11N3O2S. The van der Waals surface area contributed by atoms with Gasteiger partial charge in [-0.25, -0.2) is 0 Å². The highest BCUT2D eigenvalue weighted by Crippen LogP contribution is 2.31. The predicted octanol–water partition coefficient (Wildman–Crippen LogP) is 4.20. The largest absolute Gasteiger partial charge is 0.453 e. The molecule has 0 bridgehead atoms. The zero-order valence-electron chi connectivity index (χ0n) is 11.9. The molecular weight excluding hydrogens is 310 g/mol. The van der Waals surface area contributed by atoms with Gasteiger partial charge < -0.3 is 4.42 Å². The Kier molecular flexibility index (Phi) is 3.36. The van der Waals surface area contributed by atoms with Gasteiger partial charge >= 0.3 is 0 Å². The molecule has 112 valence electrons. The fraction of sp³-hybridized carbons (Fsp3) is 0. The molecule has 6 heteroatoms. The number of fused-ring (bicyclic) bond motifs is 1. The van der Waals surface area contributed by atoms with Gasteiger partial charge in [0.05, 0.1) is 0 Å². The molecule has 0 saturated carbocycles. The van der Waals surface area contributed by atoms with Crippen LogP contribution >= 0.6 is 11.3 Å². The smallest absolute Gasteiger partial charge is 0.257 e. The van der Waals surface area contributed by atoms with Crippen molar-refractivity contribution in [3.63, 3.8) is 0 Å². The van der Waals surface area contributed by atoms with Crippen LogP contribution in [0.2, 0.25) is 0 Å². The number of nitrogens with zero attached hydrogens (tertiary/aromatic N) is 2. The number of carbonyl (C=O) groups is 1. The van der Waals surface area contributed by atoms with Gasteiger partial charge in [-0.05, 0) is 24.3 Å².